The third-order valence-electron chi connectivity index (χ3n) is 5.37. The van der Waals surface area contributed by atoms with Crippen molar-refractivity contribution < 1.29 is 38.8 Å². The van der Waals surface area contributed by atoms with Crippen LogP contribution in [0, 0.1) is 5.21 Å². The number of benzene rings is 3. The molecule has 0 fully saturated rings. The van der Waals surface area contributed by atoms with Crippen molar-refractivity contribution in [3.63, 3.8) is 0 Å². The zero-order valence-corrected chi connectivity index (χ0v) is 26.3. The van der Waals surface area contributed by atoms with Crippen molar-refractivity contribution in [2.75, 3.05) is 27.7 Å². The molecule has 0 radical (unpaired) electrons. The number of nitrogens with two attached hydrogens (primary N) is 1. The highest BCUT2D eigenvalue weighted by Gasteiger charge is 2.12. The Morgan fingerprint density at radius 3 is 1.24 bits per heavy atom. The highest BCUT2D eigenvalue weighted by atomic mass is 35.5. The van der Waals surface area contributed by atoms with Crippen molar-refractivity contribution >= 4 is 46.0 Å². The van der Waals surface area contributed by atoms with Crippen molar-refractivity contribution in [2.45, 2.75) is 13.8 Å². The van der Waals surface area contributed by atoms with Gasteiger partial charge in [-0.05, 0) is 73.8 Å². The molecule has 0 aliphatic rings. The molecular formula is C30H37ClN6O8. The van der Waals surface area contributed by atoms with Gasteiger partial charge in [-0.3, -0.25) is 28.8 Å². The summed E-state index contributed by atoms with van der Waals surface area (Å²) in [7, 11) is 4.57. The molecule has 0 saturated carbocycles. The Balaban J connectivity index is 0. The minimum absolute atomic E-state index is 0. The molecule has 0 saturated heterocycles. The lowest BCUT2D eigenvalue weighted by atomic mass is 10.1. The van der Waals surface area contributed by atoms with Crippen LogP contribution < -0.4 is 22.5 Å². The van der Waals surface area contributed by atoms with Crippen LogP contribution in [-0.4, -0.2) is 72.2 Å². The van der Waals surface area contributed by atoms with Gasteiger partial charge in [0, 0.05) is 47.5 Å². The number of Topliss-reactive ketones (excluding diaryl/α,β-unsaturated/α-hetero) is 3. The predicted octanol–water partition coefficient (Wildman–Crippen LogP) is 3.83. The summed E-state index contributed by atoms with van der Waals surface area (Å²) in [5.74, 6) is -0.928. The molecule has 0 aromatic heterocycles. The monoisotopic (exact) mass is 644 g/mol. The maximum atomic E-state index is 11.5. The van der Waals surface area contributed by atoms with Gasteiger partial charge < -0.3 is 32.9 Å². The molecule has 0 spiro atoms. The number of rotatable bonds is 8. The van der Waals surface area contributed by atoms with E-state index >= 15 is 0 Å². The van der Waals surface area contributed by atoms with E-state index in [1.54, 1.807) is 43.4 Å². The molecule has 15 heteroatoms. The Morgan fingerprint density at radius 2 is 0.978 bits per heavy atom. The first-order valence-corrected chi connectivity index (χ1v) is 13.1. The number of nitrogens with one attached hydrogen (secondary N) is 2. The Bertz CT molecular complexity index is 1430. The number of nitrogens with zero attached hydrogens (tertiary/aromatic N) is 2. The molecule has 3 aromatic carbocycles. The average Bonchev–Trinajstić information content (AvgIpc) is 3.05. The number of carbonyl (C=O) groups is 6. The third-order valence-corrected chi connectivity index (χ3v) is 5.59. The van der Waals surface area contributed by atoms with Crippen LogP contribution in [0.15, 0.2) is 78.1 Å². The van der Waals surface area contributed by atoms with Gasteiger partial charge in [-0.25, -0.2) is 0 Å². The number of hydroxylamine groups is 1. The lowest BCUT2D eigenvalue weighted by Gasteiger charge is -2.01. The summed E-state index contributed by atoms with van der Waals surface area (Å²) in [5, 5.41) is 25.5. The minimum atomic E-state index is -0.574. The number of ketones is 3. The number of halogens is 1. The van der Waals surface area contributed by atoms with E-state index in [-0.39, 0.29) is 40.0 Å². The first-order valence-electron chi connectivity index (χ1n) is 12.7. The summed E-state index contributed by atoms with van der Waals surface area (Å²) in [6, 6.07) is 18.6. The largest absolute Gasteiger partial charge is 0.597 e. The van der Waals surface area contributed by atoms with Crippen LogP contribution in [0.2, 0.25) is 0 Å². The summed E-state index contributed by atoms with van der Waals surface area (Å²) in [6.07, 6.45) is 0. The SMILES string of the molecule is CC(=O)c1ccc(C(=O)Cl)cc1.CN.CNC(=O)c1ccc(C(=O)C/[N+]([O-])=N/O)cc1.CNC(=O)c1ccc(C(C)=O)cc1.N. The van der Waals surface area contributed by atoms with E-state index in [1.807, 2.05) is 0 Å². The van der Waals surface area contributed by atoms with E-state index in [0.717, 1.165) is 0 Å². The highest BCUT2D eigenvalue weighted by Crippen LogP contribution is 2.08. The van der Waals surface area contributed by atoms with Crippen LogP contribution >= 0.6 is 11.6 Å². The van der Waals surface area contributed by atoms with Crippen molar-refractivity contribution in [2.24, 2.45) is 11.0 Å². The number of hydrogen-bond donors (Lipinski definition) is 5. The zero-order chi connectivity index (χ0) is 33.8. The summed E-state index contributed by atoms with van der Waals surface area (Å²) >= 11 is 5.21. The van der Waals surface area contributed by atoms with Gasteiger partial charge in [0.05, 0.1) is 0 Å². The van der Waals surface area contributed by atoms with Gasteiger partial charge in [-0.1, -0.05) is 36.4 Å². The normalized spacial score (nSPS) is 9.53. The molecule has 3 aromatic rings. The maximum absolute atomic E-state index is 11.5. The van der Waals surface area contributed by atoms with Crippen molar-refractivity contribution in [3.05, 3.63) is 111 Å². The van der Waals surface area contributed by atoms with Gasteiger partial charge in [0.15, 0.2) is 16.8 Å². The van der Waals surface area contributed by atoms with Gasteiger partial charge in [-0.2, -0.15) is 0 Å². The molecule has 2 amide bonds. The van der Waals surface area contributed by atoms with E-state index < -0.39 is 17.6 Å². The molecule has 0 atom stereocenters. The molecule has 8 N–H and O–H groups in total. The lowest BCUT2D eigenvalue weighted by molar-refractivity contribution is -0.543. The fourth-order valence-electron chi connectivity index (χ4n) is 3.03. The van der Waals surface area contributed by atoms with E-state index in [9.17, 15) is 34.0 Å². The Kier molecular flexibility index (Phi) is 20.7. The van der Waals surface area contributed by atoms with Crippen LogP contribution in [0.4, 0.5) is 0 Å². The number of carbonyl (C=O) groups excluding carboxylic acids is 6. The van der Waals surface area contributed by atoms with Gasteiger partial charge >= 0.3 is 0 Å². The minimum Gasteiger partial charge on any atom is -0.597 e. The van der Waals surface area contributed by atoms with E-state index in [0.29, 0.717) is 27.8 Å². The Morgan fingerprint density at radius 1 is 0.689 bits per heavy atom. The molecule has 0 unspecified atom stereocenters. The van der Waals surface area contributed by atoms with Crippen molar-refractivity contribution in [3.8, 4) is 0 Å². The number of amides is 2. The molecule has 45 heavy (non-hydrogen) atoms. The quantitative estimate of drug-likeness (QED) is 0.0779. The van der Waals surface area contributed by atoms with Gasteiger partial charge in [0.2, 0.25) is 12.3 Å². The van der Waals surface area contributed by atoms with Gasteiger partial charge in [0.25, 0.3) is 17.1 Å². The molecule has 0 heterocycles. The van der Waals surface area contributed by atoms with Crippen molar-refractivity contribution in [1.82, 2.24) is 16.8 Å². The Hall–Kier alpha value is -5.31. The highest BCUT2D eigenvalue weighted by molar-refractivity contribution is 6.67. The maximum Gasteiger partial charge on any atom is 0.252 e. The standard InChI is InChI=1S/C10H11N3O4.C10H11NO2.C9H7ClO2.CH5N.H3N/c1-11-10(15)8-4-2-7(3-5-8)9(14)6-13(17)12-16;1-7(12)8-3-5-9(6-4-8)10(13)11-2;1-6(11)7-2-4-8(5-3-7)9(10)12;1-2;/h2-5,16H,6H2,1H3,(H,11,15);3-6H,1-2H3,(H,11,13);2-5H,1H3;2H2,1H3;1H3/b13-12-;;;;. The second-order valence-corrected chi connectivity index (χ2v) is 8.64. The molecule has 14 nitrogen and oxygen atoms in total. The van der Waals surface area contributed by atoms with Crippen LogP contribution in [0.25, 0.3) is 0 Å². The smallest absolute Gasteiger partial charge is 0.252 e. The van der Waals surface area contributed by atoms with E-state index in [4.69, 9.17) is 16.8 Å². The second-order valence-electron chi connectivity index (χ2n) is 8.30. The zero-order valence-electron chi connectivity index (χ0n) is 25.5. The van der Waals surface area contributed by atoms with Crippen LogP contribution in [0.1, 0.15) is 76.0 Å². The van der Waals surface area contributed by atoms with Crippen molar-refractivity contribution in [1.29, 1.82) is 0 Å². The summed E-state index contributed by atoms with van der Waals surface area (Å²) in [6.45, 7) is 2.39. The second kappa shape index (κ2) is 22.3. The van der Waals surface area contributed by atoms with E-state index in [1.165, 1.54) is 64.3 Å². The molecule has 0 aliphatic heterocycles. The average molecular weight is 645 g/mol. The van der Waals surface area contributed by atoms with Crippen LogP contribution in [0.5, 0.6) is 0 Å². The number of hydrogen-bond acceptors (Lipinski definition) is 10. The summed E-state index contributed by atoms with van der Waals surface area (Å²) < 4.78 is 0. The first-order chi connectivity index (χ1) is 20.8. The predicted molar refractivity (Wildman–Crippen MR) is 168 cm³/mol. The molecule has 242 valence electrons. The molecule has 3 rings (SSSR count). The van der Waals surface area contributed by atoms with Crippen LogP contribution in [0.3, 0.4) is 0 Å². The first kappa shape index (κ1) is 41.8. The fraction of sp³-hybridized carbons (Fsp3) is 0.200. The lowest BCUT2D eigenvalue weighted by Crippen LogP contribution is -2.18. The van der Waals surface area contributed by atoms with E-state index in [2.05, 4.69) is 21.6 Å². The molecule has 0 bridgehead atoms. The Labute approximate surface area is 265 Å². The van der Waals surface area contributed by atoms with Gasteiger partial charge in [-0.15, -0.1) is 0 Å². The topological polar surface area (TPSA) is 246 Å². The summed E-state index contributed by atoms with van der Waals surface area (Å²) in [5.41, 5.74) is 7.34. The molecular weight excluding hydrogens is 608 g/mol. The fourth-order valence-corrected chi connectivity index (χ4v) is 3.16. The third kappa shape index (κ3) is 15.1. The van der Waals surface area contributed by atoms with Gasteiger partial charge in [0.1, 0.15) is 0 Å². The molecule has 0 aliphatic carbocycles. The van der Waals surface area contributed by atoms with Crippen LogP contribution in [-0.2, 0) is 0 Å². The summed E-state index contributed by atoms with van der Waals surface area (Å²) in [4.78, 5) is 65.9.